The molecule has 0 bridgehead atoms. The number of fused-ring (bicyclic) bond motifs is 7. The van der Waals surface area contributed by atoms with Gasteiger partial charge in [-0.05, 0) is 121 Å². The molecule has 11 aromatic carbocycles. The third-order valence-corrected chi connectivity index (χ3v) is 14.4. The van der Waals surface area contributed by atoms with Crippen molar-refractivity contribution in [2.75, 3.05) is 4.90 Å². The standard InChI is InChI=1S/C66H45NO/c1-66(48-23-6-3-7-24-48)58-32-12-8-26-53(58)54-42-39-47(43-59(54)66)50-25-9-13-33-60(50)67(49-40-37-45(38-41-49)52-30-18-36-63-65(52)57-28-11-15-35-62(57)68-63)61-34-14-10-27-55(61)56-31-17-22-46-21-16-29-51(64(46)56)44-19-4-2-5-20-44/h2-43H,1H3. The van der Waals surface area contributed by atoms with Crippen molar-refractivity contribution < 1.29 is 4.42 Å². The van der Waals surface area contributed by atoms with E-state index in [1.54, 1.807) is 0 Å². The second kappa shape index (κ2) is 16.0. The van der Waals surface area contributed by atoms with Gasteiger partial charge in [-0.15, -0.1) is 0 Å². The highest BCUT2D eigenvalue weighted by molar-refractivity contribution is 6.13. The largest absolute Gasteiger partial charge is 0.456 e. The second-order valence-electron chi connectivity index (χ2n) is 18.1. The Hall–Kier alpha value is -8.72. The first-order chi connectivity index (χ1) is 33.6. The van der Waals surface area contributed by atoms with Crippen LogP contribution >= 0.6 is 0 Å². The lowest BCUT2D eigenvalue weighted by atomic mass is 9.74. The maximum atomic E-state index is 6.35. The molecule has 320 valence electrons. The molecule has 0 spiro atoms. The van der Waals surface area contributed by atoms with Crippen LogP contribution in [0.15, 0.2) is 259 Å². The minimum absolute atomic E-state index is 0.325. The van der Waals surface area contributed by atoms with E-state index in [-0.39, 0.29) is 5.41 Å². The van der Waals surface area contributed by atoms with Crippen molar-refractivity contribution in [2.45, 2.75) is 12.3 Å². The lowest BCUT2D eigenvalue weighted by Crippen LogP contribution is -2.22. The molecular formula is C66H45NO. The third kappa shape index (κ3) is 6.26. The van der Waals surface area contributed by atoms with Crippen LogP contribution < -0.4 is 4.90 Å². The molecule has 1 heterocycles. The van der Waals surface area contributed by atoms with Gasteiger partial charge in [-0.1, -0.05) is 212 Å². The number of nitrogens with zero attached hydrogens (tertiary/aromatic N) is 1. The van der Waals surface area contributed by atoms with Crippen molar-refractivity contribution in [2.24, 2.45) is 0 Å². The summed E-state index contributed by atoms with van der Waals surface area (Å²) in [6.07, 6.45) is 0. The zero-order valence-corrected chi connectivity index (χ0v) is 37.6. The van der Waals surface area contributed by atoms with Crippen molar-refractivity contribution in [1.82, 2.24) is 0 Å². The van der Waals surface area contributed by atoms with Crippen molar-refractivity contribution in [3.63, 3.8) is 0 Å². The summed E-state index contributed by atoms with van der Waals surface area (Å²) >= 11 is 0. The molecule has 68 heavy (non-hydrogen) atoms. The predicted octanol–water partition coefficient (Wildman–Crippen LogP) is 18.2. The lowest BCUT2D eigenvalue weighted by Gasteiger charge is -2.31. The smallest absolute Gasteiger partial charge is 0.136 e. The molecule has 1 aliphatic rings. The molecule has 0 saturated carbocycles. The predicted molar refractivity (Wildman–Crippen MR) is 285 cm³/mol. The fraction of sp³-hybridized carbons (Fsp3) is 0.0303. The van der Waals surface area contributed by atoms with Crippen LogP contribution in [-0.2, 0) is 5.41 Å². The Balaban J connectivity index is 1.03. The van der Waals surface area contributed by atoms with Gasteiger partial charge in [0, 0.05) is 33.0 Å². The van der Waals surface area contributed by atoms with Crippen LogP contribution in [0, 0.1) is 0 Å². The summed E-state index contributed by atoms with van der Waals surface area (Å²) in [6, 6.07) is 92.9. The highest BCUT2D eigenvalue weighted by atomic mass is 16.3. The molecule has 0 fully saturated rings. The summed E-state index contributed by atoms with van der Waals surface area (Å²) in [7, 11) is 0. The van der Waals surface area contributed by atoms with Crippen molar-refractivity contribution in [3.05, 3.63) is 271 Å². The van der Waals surface area contributed by atoms with Gasteiger partial charge in [0.2, 0.25) is 0 Å². The Labute approximate surface area is 396 Å². The Morgan fingerprint density at radius 1 is 0.338 bits per heavy atom. The van der Waals surface area contributed by atoms with E-state index in [0.717, 1.165) is 61.3 Å². The molecule has 0 saturated heterocycles. The average Bonchev–Trinajstić information content (AvgIpc) is 3.92. The molecule has 1 aromatic heterocycles. The molecule has 2 nitrogen and oxygen atoms in total. The zero-order chi connectivity index (χ0) is 45.2. The summed E-state index contributed by atoms with van der Waals surface area (Å²) in [5.41, 5.74) is 20.6. The number of rotatable bonds is 8. The van der Waals surface area contributed by atoms with Gasteiger partial charge in [0.15, 0.2) is 0 Å². The number of benzene rings is 11. The fourth-order valence-corrected chi connectivity index (χ4v) is 11.2. The van der Waals surface area contributed by atoms with Gasteiger partial charge in [-0.3, -0.25) is 0 Å². The van der Waals surface area contributed by atoms with Crippen molar-refractivity contribution >= 4 is 49.8 Å². The maximum absolute atomic E-state index is 6.35. The van der Waals surface area contributed by atoms with Crippen LogP contribution in [0.4, 0.5) is 17.1 Å². The molecule has 12 aromatic rings. The van der Waals surface area contributed by atoms with E-state index >= 15 is 0 Å². The van der Waals surface area contributed by atoms with Gasteiger partial charge in [-0.25, -0.2) is 0 Å². The molecule has 1 atom stereocenters. The Morgan fingerprint density at radius 3 is 1.65 bits per heavy atom. The van der Waals surface area contributed by atoms with Crippen LogP contribution in [0.1, 0.15) is 23.6 Å². The second-order valence-corrected chi connectivity index (χ2v) is 18.1. The fourth-order valence-electron chi connectivity index (χ4n) is 11.2. The maximum Gasteiger partial charge on any atom is 0.136 e. The first-order valence-electron chi connectivity index (χ1n) is 23.5. The van der Waals surface area contributed by atoms with Gasteiger partial charge in [0.25, 0.3) is 0 Å². The average molecular weight is 868 g/mol. The van der Waals surface area contributed by atoms with Crippen LogP contribution in [0.3, 0.4) is 0 Å². The third-order valence-electron chi connectivity index (χ3n) is 14.4. The van der Waals surface area contributed by atoms with Gasteiger partial charge >= 0.3 is 0 Å². The van der Waals surface area contributed by atoms with E-state index in [1.807, 2.05) is 6.07 Å². The van der Waals surface area contributed by atoms with Crippen LogP contribution in [0.2, 0.25) is 0 Å². The molecular weight excluding hydrogens is 823 g/mol. The molecule has 0 aliphatic heterocycles. The number of hydrogen-bond acceptors (Lipinski definition) is 2. The topological polar surface area (TPSA) is 16.4 Å². The Kier molecular flexibility index (Phi) is 9.33. The quantitative estimate of drug-likeness (QED) is 0.151. The molecule has 0 N–H and O–H groups in total. The number of hydrogen-bond donors (Lipinski definition) is 0. The summed E-state index contributed by atoms with van der Waals surface area (Å²) in [5, 5.41) is 4.69. The minimum atomic E-state index is -0.325. The monoisotopic (exact) mass is 867 g/mol. The molecule has 0 radical (unpaired) electrons. The SMILES string of the molecule is CC1(c2ccccc2)c2ccccc2-c2ccc(-c3ccccc3N(c3ccc(-c4cccc5oc6ccccc6c45)cc3)c3ccccc3-c3cccc4cccc(-c5ccccc5)c34)cc21. The number of para-hydroxylation sites is 3. The summed E-state index contributed by atoms with van der Waals surface area (Å²) in [4.78, 5) is 2.48. The van der Waals surface area contributed by atoms with Gasteiger partial charge in [-0.2, -0.15) is 0 Å². The van der Waals surface area contributed by atoms with E-state index < -0.39 is 0 Å². The van der Waals surface area contributed by atoms with E-state index in [0.29, 0.717) is 0 Å². The molecule has 13 rings (SSSR count). The Morgan fingerprint density at radius 2 is 0.868 bits per heavy atom. The summed E-state index contributed by atoms with van der Waals surface area (Å²) < 4.78 is 6.35. The zero-order valence-electron chi connectivity index (χ0n) is 37.6. The lowest BCUT2D eigenvalue weighted by molar-refractivity contribution is 0.669. The van der Waals surface area contributed by atoms with Crippen LogP contribution in [0.5, 0.6) is 0 Å². The minimum Gasteiger partial charge on any atom is -0.456 e. The van der Waals surface area contributed by atoms with E-state index in [9.17, 15) is 0 Å². The van der Waals surface area contributed by atoms with E-state index in [4.69, 9.17) is 4.42 Å². The van der Waals surface area contributed by atoms with Crippen LogP contribution in [-0.4, -0.2) is 0 Å². The Bertz CT molecular complexity index is 3860. The number of anilines is 3. The van der Waals surface area contributed by atoms with Gasteiger partial charge in [0.1, 0.15) is 11.2 Å². The van der Waals surface area contributed by atoms with Crippen LogP contribution in [0.25, 0.3) is 88.3 Å². The summed E-state index contributed by atoms with van der Waals surface area (Å²) in [6.45, 7) is 2.40. The molecule has 1 aliphatic carbocycles. The van der Waals surface area contributed by atoms with Gasteiger partial charge in [0.05, 0.1) is 11.4 Å². The normalized spacial score (nSPS) is 14.0. The molecule has 0 amide bonds. The van der Waals surface area contributed by atoms with Crippen molar-refractivity contribution in [1.29, 1.82) is 0 Å². The molecule has 1 unspecified atom stereocenters. The van der Waals surface area contributed by atoms with Gasteiger partial charge < -0.3 is 9.32 Å². The number of furan rings is 1. The van der Waals surface area contributed by atoms with Crippen molar-refractivity contribution in [3.8, 4) is 55.6 Å². The highest BCUT2D eigenvalue weighted by Crippen LogP contribution is 2.54. The first kappa shape index (κ1) is 39.6. The summed E-state index contributed by atoms with van der Waals surface area (Å²) in [5.74, 6) is 0. The van der Waals surface area contributed by atoms with E-state index in [2.05, 4.69) is 261 Å². The highest BCUT2D eigenvalue weighted by Gasteiger charge is 2.41. The van der Waals surface area contributed by atoms with E-state index in [1.165, 1.54) is 60.8 Å². The first-order valence-corrected chi connectivity index (χ1v) is 23.5. The molecule has 2 heteroatoms.